The zero-order chi connectivity index (χ0) is 17.9. The van der Waals surface area contributed by atoms with E-state index in [0.717, 1.165) is 6.07 Å². The molecule has 1 N–H and O–H groups in total. The Morgan fingerprint density at radius 1 is 1.25 bits per heavy atom. The van der Waals surface area contributed by atoms with Gasteiger partial charge in [0.25, 0.3) is 5.91 Å². The minimum absolute atomic E-state index is 0.0400. The van der Waals surface area contributed by atoms with Crippen LogP contribution in [0.1, 0.15) is 23.0 Å². The maximum absolute atomic E-state index is 13.5. The van der Waals surface area contributed by atoms with Gasteiger partial charge in [-0.15, -0.1) is 0 Å². The molecule has 9 heteroatoms. The standard InChI is InChI=1S/C15H14F3N3O3/c1-8-7-12(20-24-8)21(9(2)22)6-5-19-15(23)10-3-4-11(16)14(18)13(10)17/h3-4,7H,5-6H2,1-2H3,(H,19,23). The average molecular weight is 341 g/mol. The van der Waals surface area contributed by atoms with Gasteiger partial charge in [-0.25, -0.2) is 13.2 Å². The number of halogens is 3. The van der Waals surface area contributed by atoms with Crippen molar-refractivity contribution in [2.75, 3.05) is 18.0 Å². The summed E-state index contributed by atoms with van der Waals surface area (Å²) in [6, 6.07) is 3.04. The third-order valence-corrected chi connectivity index (χ3v) is 3.17. The van der Waals surface area contributed by atoms with Crippen molar-refractivity contribution in [1.29, 1.82) is 0 Å². The van der Waals surface area contributed by atoms with E-state index < -0.39 is 28.9 Å². The maximum atomic E-state index is 13.5. The summed E-state index contributed by atoms with van der Waals surface area (Å²) in [5.74, 6) is -5.15. The Kier molecular flexibility index (Phi) is 5.22. The summed E-state index contributed by atoms with van der Waals surface area (Å²) in [6.07, 6.45) is 0. The number of aromatic nitrogens is 1. The van der Waals surface area contributed by atoms with Crippen molar-refractivity contribution in [1.82, 2.24) is 10.5 Å². The van der Waals surface area contributed by atoms with Crippen molar-refractivity contribution in [3.63, 3.8) is 0 Å². The molecule has 2 amide bonds. The van der Waals surface area contributed by atoms with E-state index in [0.29, 0.717) is 11.8 Å². The number of nitrogens with one attached hydrogen (secondary N) is 1. The average Bonchev–Trinajstić information content (AvgIpc) is 2.94. The summed E-state index contributed by atoms with van der Waals surface area (Å²) >= 11 is 0. The topological polar surface area (TPSA) is 75.4 Å². The van der Waals surface area contributed by atoms with Crippen LogP contribution in [0.3, 0.4) is 0 Å². The lowest BCUT2D eigenvalue weighted by atomic mass is 10.2. The second kappa shape index (κ2) is 7.16. The number of hydrogen-bond donors (Lipinski definition) is 1. The summed E-state index contributed by atoms with van der Waals surface area (Å²) in [5.41, 5.74) is -0.624. The summed E-state index contributed by atoms with van der Waals surface area (Å²) in [5, 5.41) is 6.02. The van der Waals surface area contributed by atoms with E-state index in [2.05, 4.69) is 10.5 Å². The third-order valence-electron chi connectivity index (χ3n) is 3.17. The first-order valence-corrected chi connectivity index (χ1v) is 6.94. The van der Waals surface area contributed by atoms with Crippen LogP contribution in [0.15, 0.2) is 22.7 Å². The summed E-state index contributed by atoms with van der Waals surface area (Å²) in [7, 11) is 0. The first-order valence-electron chi connectivity index (χ1n) is 6.94. The van der Waals surface area contributed by atoms with Crippen molar-refractivity contribution < 1.29 is 27.3 Å². The molecule has 0 radical (unpaired) electrons. The van der Waals surface area contributed by atoms with E-state index in [-0.39, 0.29) is 24.8 Å². The number of benzene rings is 1. The van der Waals surface area contributed by atoms with Crippen LogP contribution in [0.5, 0.6) is 0 Å². The van der Waals surface area contributed by atoms with E-state index in [4.69, 9.17) is 4.52 Å². The molecule has 1 aromatic heterocycles. The van der Waals surface area contributed by atoms with Crippen molar-refractivity contribution in [3.8, 4) is 0 Å². The number of carbonyl (C=O) groups excluding carboxylic acids is 2. The monoisotopic (exact) mass is 341 g/mol. The Bertz CT molecular complexity index is 777. The Balaban J connectivity index is 2.01. The highest BCUT2D eigenvalue weighted by atomic mass is 19.2. The van der Waals surface area contributed by atoms with Crippen LogP contribution in [0.2, 0.25) is 0 Å². The molecule has 6 nitrogen and oxygen atoms in total. The first-order chi connectivity index (χ1) is 11.3. The molecule has 0 spiro atoms. The maximum Gasteiger partial charge on any atom is 0.254 e. The number of amides is 2. The molecule has 0 bridgehead atoms. The minimum Gasteiger partial charge on any atom is -0.360 e. The Hall–Kier alpha value is -2.84. The normalized spacial score (nSPS) is 10.5. The molecule has 2 aromatic rings. The second-order valence-electron chi connectivity index (χ2n) is 4.95. The van der Waals surface area contributed by atoms with Gasteiger partial charge in [0, 0.05) is 26.1 Å². The van der Waals surface area contributed by atoms with E-state index in [1.165, 1.54) is 17.9 Å². The third kappa shape index (κ3) is 3.73. The molecule has 0 fully saturated rings. The highest BCUT2D eigenvalue weighted by molar-refractivity contribution is 5.94. The number of carbonyl (C=O) groups is 2. The highest BCUT2D eigenvalue weighted by Gasteiger charge is 2.20. The lowest BCUT2D eigenvalue weighted by Crippen LogP contribution is -2.38. The van der Waals surface area contributed by atoms with Gasteiger partial charge in [-0.2, -0.15) is 0 Å². The molecule has 0 aliphatic heterocycles. The number of anilines is 1. The van der Waals surface area contributed by atoms with Gasteiger partial charge in [0.1, 0.15) is 5.76 Å². The molecule has 0 saturated heterocycles. The molecule has 0 saturated carbocycles. The zero-order valence-electron chi connectivity index (χ0n) is 12.9. The quantitative estimate of drug-likeness (QED) is 0.846. The Labute approximate surface area is 135 Å². The largest absolute Gasteiger partial charge is 0.360 e. The van der Waals surface area contributed by atoms with Crippen LogP contribution >= 0.6 is 0 Å². The smallest absolute Gasteiger partial charge is 0.254 e. The molecule has 0 atom stereocenters. The van der Waals surface area contributed by atoms with Gasteiger partial charge in [0.15, 0.2) is 23.3 Å². The molecule has 0 aliphatic rings. The molecule has 24 heavy (non-hydrogen) atoms. The fourth-order valence-electron chi connectivity index (χ4n) is 1.99. The number of aryl methyl sites for hydroxylation is 1. The summed E-state index contributed by atoms with van der Waals surface area (Å²) in [4.78, 5) is 24.7. The summed E-state index contributed by atoms with van der Waals surface area (Å²) in [6.45, 7) is 2.95. The van der Waals surface area contributed by atoms with Crippen molar-refractivity contribution in [3.05, 3.63) is 47.0 Å². The molecular formula is C15H14F3N3O3. The fourth-order valence-corrected chi connectivity index (χ4v) is 1.99. The molecule has 128 valence electrons. The van der Waals surface area contributed by atoms with Gasteiger partial charge in [-0.1, -0.05) is 5.16 Å². The van der Waals surface area contributed by atoms with Crippen LogP contribution in [-0.4, -0.2) is 30.1 Å². The molecule has 1 heterocycles. The van der Waals surface area contributed by atoms with Crippen molar-refractivity contribution in [2.45, 2.75) is 13.8 Å². The van der Waals surface area contributed by atoms with Crippen LogP contribution in [0, 0.1) is 24.4 Å². The van der Waals surface area contributed by atoms with Gasteiger partial charge in [0.05, 0.1) is 5.56 Å². The van der Waals surface area contributed by atoms with Crippen molar-refractivity contribution in [2.24, 2.45) is 0 Å². The van der Waals surface area contributed by atoms with Gasteiger partial charge in [-0.3, -0.25) is 14.5 Å². The van der Waals surface area contributed by atoms with Crippen LogP contribution < -0.4 is 10.2 Å². The summed E-state index contributed by atoms with van der Waals surface area (Å²) < 4.78 is 44.4. The molecule has 0 unspecified atom stereocenters. The van der Waals surface area contributed by atoms with E-state index in [9.17, 15) is 22.8 Å². The molecular weight excluding hydrogens is 327 g/mol. The lowest BCUT2D eigenvalue weighted by Gasteiger charge is -2.17. The number of nitrogens with zero attached hydrogens (tertiary/aromatic N) is 2. The van der Waals surface area contributed by atoms with E-state index in [1.54, 1.807) is 6.92 Å². The van der Waals surface area contributed by atoms with Crippen LogP contribution in [0.4, 0.5) is 19.0 Å². The second-order valence-corrected chi connectivity index (χ2v) is 4.95. The predicted molar refractivity (Wildman–Crippen MR) is 77.9 cm³/mol. The SMILES string of the molecule is CC(=O)N(CCNC(=O)c1ccc(F)c(F)c1F)c1cc(C)on1. The van der Waals surface area contributed by atoms with E-state index >= 15 is 0 Å². The van der Waals surface area contributed by atoms with Crippen molar-refractivity contribution >= 4 is 17.6 Å². The highest BCUT2D eigenvalue weighted by Crippen LogP contribution is 2.15. The molecule has 1 aromatic carbocycles. The lowest BCUT2D eigenvalue weighted by molar-refractivity contribution is -0.116. The van der Waals surface area contributed by atoms with Crippen LogP contribution in [0.25, 0.3) is 0 Å². The Morgan fingerprint density at radius 2 is 1.96 bits per heavy atom. The van der Waals surface area contributed by atoms with E-state index in [1.807, 2.05) is 0 Å². The van der Waals surface area contributed by atoms with Gasteiger partial charge < -0.3 is 9.84 Å². The Morgan fingerprint density at radius 3 is 2.54 bits per heavy atom. The van der Waals surface area contributed by atoms with Gasteiger partial charge in [-0.05, 0) is 19.1 Å². The predicted octanol–water partition coefficient (Wildman–Crippen LogP) is 2.18. The van der Waals surface area contributed by atoms with Gasteiger partial charge in [0.2, 0.25) is 5.91 Å². The zero-order valence-corrected chi connectivity index (χ0v) is 12.9. The fraction of sp³-hybridized carbons (Fsp3) is 0.267. The van der Waals surface area contributed by atoms with Crippen LogP contribution in [-0.2, 0) is 4.79 Å². The minimum atomic E-state index is -1.72. The van der Waals surface area contributed by atoms with Gasteiger partial charge >= 0.3 is 0 Å². The number of rotatable bonds is 5. The molecule has 0 aliphatic carbocycles. The molecule has 2 rings (SSSR count). The first kappa shape index (κ1) is 17.5. The number of hydrogen-bond acceptors (Lipinski definition) is 4.